The van der Waals surface area contributed by atoms with Crippen molar-refractivity contribution in [3.05, 3.63) is 243 Å². The fourth-order valence-corrected chi connectivity index (χ4v) is 13.5. The van der Waals surface area contributed by atoms with Gasteiger partial charge in [-0.2, -0.15) is 0 Å². The van der Waals surface area contributed by atoms with Gasteiger partial charge in [0.25, 0.3) is 0 Å². The van der Waals surface area contributed by atoms with Crippen molar-refractivity contribution in [3.63, 3.8) is 0 Å². The van der Waals surface area contributed by atoms with E-state index in [1.54, 1.807) is 0 Å². The van der Waals surface area contributed by atoms with Crippen LogP contribution in [0.2, 0.25) is 0 Å². The van der Waals surface area contributed by atoms with E-state index in [9.17, 15) is 0 Å². The highest BCUT2D eigenvalue weighted by Gasteiger charge is 2.25. The zero-order valence-corrected chi connectivity index (χ0v) is 59.0. The van der Waals surface area contributed by atoms with E-state index < -0.39 is 0 Å². The van der Waals surface area contributed by atoms with Crippen LogP contribution < -0.4 is 37.9 Å². The van der Waals surface area contributed by atoms with E-state index in [-0.39, 0.29) is 26.4 Å². The van der Waals surface area contributed by atoms with Crippen molar-refractivity contribution >= 4 is 87.2 Å². The molecule has 0 amide bonds. The lowest BCUT2D eigenvalue weighted by atomic mass is 10.1. The third-order valence-corrected chi connectivity index (χ3v) is 18.6. The van der Waals surface area contributed by atoms with Crippen LogP contribution in [-0.2, 0) is 18.9 Å². The zero-order valence-electron chi connectivity index (χ0n) is 59.0. The Morgan fingerprint density at radius 1 is 0.194 bits per heavy atom. The number of aromatic nitrogens is 8. The lowest BCUT2D eigenvalue weighted by molar-refractivity contribution is 0.0768. The molecule has 0 radical (unpaired) electrons. The van der Waals surface area contributed by atoms with Crippen LogP contribution in [-0.4, -0.2) is 146 Å². The van der Waals surface area contributed by atoms with Gasteiger partial charge >= 0.3 is 0 Å². The van der Waals surface area contributed by atoms with Gasteiger partial charge in [-0.15, -0.1) is 0 Å². The zero-order chi connectivity index (χ0) is 72.2. The second-order valence-corrected chi connectivity index (χ2v) is 25.6. The van der Waals surface area contributed by atoms with Crippen molar-refractivity contribution in [3.8, 4) is 91.5 Å². The van der Waals surface area contributed by atoms with Crippen LogP contribution in [0.5, 0.6) is 46.0 Å². The van der Waals surface area contributed by atoms with Crippen molar-refractivity contribution in [2.75, 3.05) is 106 Å². The maximum Gasteiger partial charge on any atom is 0.164 e. The molecule has 5 heterocycles. The van der Waals surface area contributed by atoms with Gasteiger partial charge in [-0.05, 0) is 119 Å². The Balaban J connectivity index is 0.672. The number of rotatable bonds is 32. The number of aromatic amines is 2. The molecule has 15 aromatic rings. The normalized spacial score (nSPS) is 11.7. The fourth-order valence-electron chi connectivity index (χ4n) is 13.5. The third kappa shape index (κ3) is 15.4. The number of hydrogen-bond donors (Lipinski definition) is 2. The maximum atomic E-state index is 6.40. The minimum absolute atomic E-state index is 0.276. The van der Waals surface area contributed by atoms with Crippen LogP contribution in [0.4, 0.5) is 0 Å². The lowest BCUT2D eigenvalue weighted by Gasteiger charge is -2.11. The summed E-state index contributed by atoms with van der Waals surface area (Å²) in [7, 11) is 0. The highest BCUT2D eigenvalue weighted by molar-refractivity contribution is 6.07. The van der Waals surface area contributed by atoms with Gasteiger partial charge in [-0.25, -0.2) is 29.9 Å². The molecule has 12 aromatic carbocycles. The summed E-state index contributed by atoms with van der Waals surface area (Å²) in [4.78, 5) is 39.0. The van der Waals surface area contributed by atoms with Crippen LogP contribution in [0.1, 0.15) is 0 Å². The van der Waals surface area contributed by atoms with Crippen molar-refractivity contribution < 1.29 is 56.8 Å². The summed E-state index contributed by atoms with van der Waals surface area (Å²) < 4.78 is 74.2. The van der Waals surface area contributed by atoms with E-state index in [0.717, 1.165) is 98.8 Å². The molecule has 0 aliphatic carbocycles. The Labute approximate surface area is 620 Å². The van der Waals surface area contributed by atoms with Gasteiger partial charge in [0.05, 0.1) is 52.9 Å². The molecule has 2 aliphatic rings. The number of ether oxygens (including phenoxy) is 12. The van der Waals surface area contributed by atoms with E-state index in [1.165, 1.54) is 0 Å². The molecule has 2 N–H and O–H groups in total. The first-order valence-corrected chi connectivity index (χ1v) is 36.2. The molecule has 8 bridgehead atoms. The van der Waals surface area contributed by atoms with Gasteiger partial charge in [0.15, 0.2) is 23.3 Å². The van der Waals surface area contributed by atoms with Crippen molar-refractivity contribution in [1.29, 1.82) is 0 Å². The largest absolute Gasteiger partial charge is 0.491 e. The molecule has 0 atom stereocenters. The van der Waals surface area contributed by atoms with Gasteiger partial charge in [0.1, 0.15) is 121 Å². The lowest BCUT2D eigenvalue weighted by Crippen LogP contribution is -2.12. The van der Waals surface area contributed by atoms with E-state index >= 15 is 0 Å². The molecule has 0 saturated heterocycles. The van der Waals surface area contributed by atoms with Gasteiger partial charge in [-0.1, -0.05) is 146 Å². The smallest absolute Gasteiger partial charge is 0.164 e. The molecule has 2 aliphatic heterocycles. The van der Waals surface area contributed by atoms with Gasteiger partial charge in [0.2, 0.25) is 0 Å². The van der Waals surface area contributed by atoms with Gasteiger partial charge in [-0.3, -0.25) is 0 Å². The van der Waals surface area contributed by atoms with Crippen LogP contribution in [0.3, 0.4) is 0 Å². The molecule has 20 nitrogen and oxygen atoms in total. The molecule has 538 valence electrons. The Morgan fingerprint density at radius 3 is 0.778 bits per heavy atom. The fraction of sp³-hybridized carbons (Fsp3) is 0.182. The predicted octanol–water partition coefficient (Wildman–Crippen LogP) is 17.4. The second kappa shape index (κ2) is 32.3. The molecule has 0 saturated carbocycles. The standard InChI is InChI=1S/C88H74N8O12/c1-5-21-65-57(13-1)17-9-25-77(65)105-49-41-97-37-45-101-61-29-33-69-73(53-61)85-89-81(69)94-86-75-55-63(103-47-39-99-43-51-107-79-27-11-19-59-15-3-7-23-67(59)79)31-35-71(75)83(91-86)96-88-76-56-64(104-48-40-100-44-52-108-80-28-12-20-60-16-4-8-24-68(60)80)32-36-72(76)84(92-88)95-87-74-54-62(30-34-70(74)82(90-87)93-85)102-46-38-98-42-50-106-78-26-10-18-58-14-2-6-22-66(58)78/h1-36,53-56H,37-52H2,(H2,89,90,91,92,93,94,95,96). The predicted molar refractivity (Wildman–Crippen MR) is 419 cm³/mol. The Kier molecular flexibility index (Phi) is 20.5. The van der Waals surface area contributed by atoms with Crippen molar-refractivity contribution in [2.45, 2.75) is 0 Å². The topological polar surface area (TPSA) is 220 Å². The summed E-state index contributed by atoms with van der Waals surface area (Å²) in [5.74, 6) is 7.21. The summed E-state index contributed by atoms with van der Waals surface area (Å²) in [6, 6.07) is 80.0. The molecule has 3 aromatic heterocycles. The number of nitrogens with zero attached hydrogens (tertiary/aromatic N) is 6. The highest BCUT2D eigenvalue weighted by atomic mass is 16.6. The summed E-state index contributed by atoms with van der Waals surface area (Å²) >= 11 is 0. The van der Waals surface area contributed by atoms with Crippen LogP contribution in [0, 0.1) is 0 Å². The Hall–Kier alpha value is -12.7. The number of hydrogen-bond acceptors (Lipinski definition) is 18. The molecule has 0 spiro atoms. The van der Waals surface area contributed by atoms with E-state index in [1.807, 2.05) is 170 Å². The minimum Gasteiger partial charge on any atom is -0.491 e. The molecule has 20 heteroatoms. The second-order valence-electron chi connectivity index (χ2n) is 25.6. The van der Waals surface area contributed by atoms with Crippen molar-refractivity contribution in [2.24, 2.45) is 0 Å². The van der Waals surface area contributed by atoms with Crippen LogP contribution >= 0.6 is 0 Å². The molecule has 108 heavy (non-hydrogen) atoms. The quantitative estimate of drug-likeness (QED) is 0.0374. The number of benzene rings is 12. The minimum atomic E-state index is 0.276. The van der Waals surface area contributed by atoms with Gasteiger partial charge in [0, 0.05) is 65.3 Å². The molecule has 0 fully saturated rings. The molecular weight excluding hydrogens is 1360 g/mol. The summed E-state index contributed by atoms with van der Waals surface area (Å²) in [6.45, 7) is 5.45. The number of fused-ring (bicyclic) bond motifs is 24. The monoisotopic (exact) mass is 1430 g/mol. The van der Waals surface area contributed by atoms with Crippen LogP contribution in [0.15, 0.2) is 243 Å². The van der Waals surface area contributed by atoms with Gasteiger partial charge < -0.3 is 66.8 Å². The number of nitrogens with one attached hydrogen (secondary N) is 2. The first-order valence-electron chi connectivity index (χ1n) is 36.2. The molecular formula is C88H74N8O12. The average Bonchev–Trinajstić information content (AvgIpc) is 1.60. The summed E-state index contributed by atoms with van der Waals surface area (Å²) in [5, 5.41) is 11.6. The summed E-state index contributed by atoms with van der Waals surface area (Å²) in [6.07, 6.45) is 0. The molecule has 17 rings (SSSR count). The Morgan fingerprint density at radius 2 is 0.454 bits per heavy atom. The van der Waals surface area contributed by atoms with Crippen molar-refractivity contribution in [1.82, 2.24) is 39.9 Å². The first kappa shape index (κ1) is 68.4. The van der Waals surface area contributed by atoms with E-state index in [2.05, 4.69) is 82.8 Å². The third-order valence-electron chi connectivity index (χ3n) is 18.6. The SMILES string of the molecule is c1ccc2c(OCCOCCOc3ccc4c(c3)-c3nc-4nc4[nH]c(nc5nc(nc6[nH]c(n3)c3ccc(OCCOCCOc7cccc8ccccc78)cc63)-c3ccc(OCCOCCOc6cccc7ccccc67)cc3-5)c3ccc(OCCOCCOc5cccc6ccccc56)cc43)cccc2c1. The van der Waals surface area contributed by atoms with Crippen LogP contribution in [0.25, 0.3) is 133 Å². The first-order chi connectivity index (χ1) is 53.5. The summed E-state index contributed by atoms with van der Waals surface area (Å²) in [5.41, 5.74) is 4.76. The average molecular weight is 1440 g/mol. The Bertz CT molecular complexity index is 5570. The van der Waals surface area contributed by atoms with E-state index in [0.29, 0.717) is 159 Å². The molecule has 0 unspecified atom stereocenters. The van der Waals surface area contributed by atoms with E-state index in [4.69, 9.17) is 86.7 Å². The number of H-pyrrole nitrogens is 2. The highest BCUT2D eigenvalue weighted by Crippen LogP contribution is 2.41. The maximum absolute atomic E-state index is 6.40.